The Kier molecular flexibility index (Phi) is 5.70. The van der Waals surface area contributed by atoms with Crippen LogP contribution in [0.2, 0.25) is 5.02 Å². The second-order valence-electron chi connectivity index (χ2n) is 4.64. The predicted molar refractivity (Wildman–Crippen MR) is 86.3 cm³/mol. The standard InChI is InChI=1S/C15H14ClFN2O3S/c16-11-4-3-5-12(10-11)19-15(20)8-9-18-23(21,22)14-7-2-1-6-13(14)17/h1-7,10,18H,8-9H2,(H,19,20). The number of benzene rings is 2. The van der Waals surface area contributed by atoms with Crippen molar-refractivity contribution in [2.45, 2.75) is 11.3 Å². The Morgan fingerprint density at radius 1 is 1.13 bits per heavy atom. The maximum Gasteiger partial charge on any atom is 0.243 e. The first-order valence-electron chi connectivity index (χ1n) is 6.68. The number of hydrogen-bond acceptors (Lipinski definition) is 3. The first-order chi connectivity index (χ1) is 10.9. The van der Waals surface area contributed by atoms with Crippen molar-refractivity contribution in [2.75, 3.05) is 11.9 Å². The van der Waals surface area contributed by atoms with Gasteiger partial charge in [-0.1, -0.05) is 29.8 Å². The number of nitrogens with one attached hydrogen (secondary N) is 2. The number of carbonyl (C=O) groups excluding carboxylic acids is 1. The van der Waals surface area contributed by atoms with E-state index >= 15 is 0 Å². The Balaban J connectivity index is 1.89. The molecule has 0 radical (unpaired) electrons. The van der Waals surface area contributed by atoms with E-state index in [1.807, 2.05) is 0 Å². The van der Waals surface area contributed by atoms with Crippen molar-refractivity contribution in [2.24, 2.45) is 0 Å². The number of amides is 1. The lowest BCUT2D eigenvalue weighted by atomic mass is 10.3. The molecule has 122 valence electrons. The summed E-state index contributed by atoms with van der Waals surface area (Å²) in [6.45, 7) is -0.150. The molecule has 0 heterocycles. The van der Waals surface area contributed by atoms with Crippen LogP contribution in [-0.2, 0) is 14.8 Å². The summed E-state index contributed by atoms with van der Waals surface area (Å²) in [6.07, 6.45) is -0.0970. The lowest BCUT2D eigenvalue weighted by molar-refractivity contribution is -0.116. The van der Waals surface area contributed by atoms with Crippen LogP contribution in [0.3, 0.4) is 0 Å². The molecule has 0 bridgehead atoms. The fraction of sp³-hybridized carbons (Fsp3) is 0.133. The van der Waals surface area contributed by atoms with Gasteiger partial charge >= 0.3 is 0 Å². The van der Waals surface area contributed by atoms with E-state index in [0.29, 0.717) is 10.7 Å². The number of carbonyl (C=O) groups is 1. The summed E-state index contributed by atoms with van der Waals surface area (Å²) in [5.41, 5.74) is 0.513. The van der Waals surface area contributed by atoms with Crippen LogP contribution in [0.4, 0.5) is 10.1 Å². The molecule has 2 rings (SSSR count). The van der Waals surface area contributed by atoms with E-state index in [-0.39, 0.29) is 18.9 Å². The van der Waals surface area contributed by atoms with Crippen LogP contribution in [0.5, 0.6) is 0 Å². The fourth-order valence-corrected chi connectivity index (χ4v) is 3.13. The first-order valence-corrected chi connectivity index (χ1v) is 8.54. The summed E-state index contributed by atoms with van der Waals surface area (Å²) in [5, 5.41) is 3.06. The zero-order chi connectivity index (χ0) is 16.9. The molecular weight excluding hydrogens is 343 g/mol. The van der Waals surface area contributed by atoms with E-state index in [4.69, 9.17) is 11.6 Å². The van der Waals surface area contributed by atoms with Gasteiger partial charge in [-0.25, -0.2) is 17.5 Å². The third-order valence-corrected chi connectivity index (χ3v) is 4.61. The summed E-state index contributed by atoms with van der Waals surface area (Å²) < 4.78 is 39.5. The van der Waals surface area contributed by atoms with Crippen LogP contribution < -0.4 is 10.0 Å². The second-order valence-corrected chi connectivity index (χ2v) is 6.81. The van der Waals surface area contributed by atoms with E-state index in [2.05, 4.69) is 10.0 Å². The highest BCUT2D eigenvalue weighted by atomic mass is 35.5. The summed E-state index contributed by atoms with van der Waals surface area (Å²) in [6, 6.07) is 11.6. The highest BCUT2D eigenvalue weighted by Gasteiger charge is 2.18. The third-order valence-electron chi connectivity index (χ3n) is 2.88. The van der Waals surface area contributed by atoms with Crippen LogP contribution in [0.15, 0.2) is 53.4 Å². The van der Waals surface area contributed by atoms with Crippen LogP contribution in [0, 0.1) is 5.82 Å². The molecule has 0 aliphatic heterocycles. The maximum absolute atomic E-state index is 13.5. The number of halogens is 2. The molecule has 0 aliphatic rings. The van der Waals surface area contributed by atoms with Gasteiger partial charge in [-0.2, -0.15) is 0 Å². The Labute approximate surface area is 138 Å². The van der Waals surface area contributed by atoms with Crippen LogP contribution in [0.25, 0.3) is 0 Å². The molecule has 0 spiro atoms. The molecule has 0 saturated heterocycles. The zero-order valence-corrected chi connectivity index (χ0v) is 13.5. The molecule has 0 atom stereocenters. The largest absolute Gasteiger partial charge is 0.326 e. The smallest absolute Gasteiger partial charge is 0.243 e. The van der Waals surface area contributed by atoms with Crippen LogP contribution in [0.1, 0.15) is 6.42 Å². The van der Waals surface area contributed by atoms with Crippen molar-refractivity contribution >= 4 is 33.2 Å². The van der Waals surface area contributed by atoms with E-state index in [9.17, 15) is 17.6 Å². The topological polar surface area (TPSA) is 75.3 Å². The fourth-order valence-electron chi connectivity index (χ4n) is 1.83. The van der Waals surface area contributed by atoms with Crippen molar-refractivity contribution in [3.8, 4) is 0 Å². The monoisotopic (exact) mass is 356 g/mol. The second kappa shape index (κ2) is 7.54. The minimum absolute atomic E-state index is 0.0970. The number of hydrogen-bond donors (Lipinski definition) is 2. The van der Waals surface area contributed by atoms with Gasteiger partial charge in [-0.05, 0) is 30.3 Å². The number of rotatable bonds is 6. The predicted octanol–water partition coefficient (Wildman–Crippen LogP) is 2.79. The molecule has 0 saturated carbocycles. The summed E-state index contributed by atoms with van der Waals surface area (Å²) in [5.74, 6) is -1.23. The minimum atomic E-state index is -3.99. The van der Waals surface area contributed by atoms with Crippen molar-refractivity contribution < 1.29 is 17.6 Å². The molecule has 1 amide bonds. The molecule has 0 fully saturated rings. The Morgan fingerprint density at radius 3 is 2.57 bits per heavy atom. The maximum atomic E-state index is 13.5. The van der Waals surface area contributed by atoms with E-state index in [0.717, 1.165) is 12.1 Å². The number of anilines is 1. The molecule has 2 aromatic carbocycles. The third kappa shape index (κ3) is 5.02. The van der Waals surface area contributed by atoms with Crippen molar-refractivity contribution in [3.05, 3.63) is 59.4 Å². The summed E-state index contributed by atoms with van der Waals surface area (Å²) in [7, 11) is -3.99. The Morgan fingerprint density at radius 2 is 1.87 bits per heavy atom. The quantitative estimate of drug-likeness (QED) is 0.835. The minimum Gasteiger partial charge on any atom is -0.326 e. The lowest BCUT2D eigenvalue weighted by Crippen LogP contribution is -2.28. The van der Waals surface area contributed by atoms with E-state index in [1.165, 1.54) is 12.1 Å². The van der Waals surface area contributed by atoms with Crippen molar-refractivity contribution in [1.82, 2.24) is 4.72 Å². The SMILES string of the molecule is O=C(CCNS(=O)(=O)c1ccccc1F)Nc1cccc(Cl)c1. The van der Waals surface area contributed by atoms with E-state index in [1.54, 1.807) is 24.3 Å². The van der Waals surface area contributed by atoms with Gasteiger partial charge in [-0.3, -0.25) is 4.79 Å². The Bertz CT molecular complexity index is 812. The molecule has 8 heteroatoms. The van der Waals surface area contributed by atoms with Gasteiger partial charge in [-0.15, -0.1) is 0 Å². The van der Waals surface area contributed by atoms with Crippen molar-refractivity contribution in [3.63, 3.8) is 0 Å². The highest BCUT2D eigenvalue weighted by molar-refractivity contribution is 7.89. The van der Waals surface area contributed by atoms with Gasteiger partial charge in [0, 0.05) is 23.7 Å². The number of sulfonamides is 1. The zero-order valence-electron chi connectivity index (χ0n) is 11.9. The normalized spacial score (nSPS) is 11.2. The molecule has 0 unspecified atom stereocenters. The van der Waals surface area contributed by atoms with Gasteiger partial charge in [0.2, 0.25) is 15.9 Å². The molecule has 2 aromatic rings. The Hall–Kier alpha value is -1.96. The van der Waals surface area contributed by atoms with Gasteiger partial charge in [0.25, 0.3) is 0 Å². The molecule has 5 nitrogen and oxygen atoms in total. The summed E-state index contributed by atoms with van der Waals surface area (Å²) in [4.78, 5) is 11.3. The van der Waals surface area contributed by atoms with Crippen molar-refractivity contribution in [1.29, 1.82) is 0 Å². The van der Waals surface area contributed by atoms with Gasteiger partial charge < -0.3 is 5.32 Å². The molecule has 0 aromatic heterocycles. The lowest BCUT2D eigenvalue weighted by Gasteiger charge is -2.08. The molecular formula is C15H14ClFN2O3S. The van der Waals surface area contributed by atoms with E-state index < -0.39 is 20.7 Å². The van der Waals surface area contributed by atoms with Crippen LogP contribution in [-0.4, -0.2) is 20.9 Å². The van der Waals surface area contributed by atoms with Gasteiger partial charge in [0.15, 0.2) is 0 Å². The molecule has 2 N–H and O–H groups in total. The van der Waals surface area contributed by atoms with Crippen LogP contribution >= 0.6 is 11.6 Å². The first kappa shape index (κ1) is 17.4. The van der Waals surface area contributed by atoms with Gasteiger partial charge in [0.05, 0.1) is 0 Å². The molecule has 23 heavy (non-hydrogen) atoms. The van der Waals surface area contributed by atoms with Gasteiger partial charge in [0.1, 0.15) is 10.7 Å². The average molecular weight is 357 g/mol. The highest BCUT2D eigenvalue weighted by Crippen LogP contribution is 2.15. The summed E-state index contributed by atoms with van der Waals surface area (Å²) >= 11 is 5.80. The average Bonchev–Trinajstić information content (AvgIpc) is 2.47. The molecule has 0 aliphatic carbocycles.